The highest BCUT2D eigenvalue weighted by Gasteiger charge is 2.30. The van der Waals surface area contributed by atoms with Crippen molar-refractivity contribution < 1.29 is 9.59 Å². The van der Waals surface area contributed by atoms with Crippen molar-refractivity contribution in [1.82, 2.24) is 10.3 Å². The minimum atomic E-state index is -0.487. The molecule has 0 saturated carbocycles. The molecule has 0 radical (unpaired) electrons. The lowest BCUT2D eigenvalue weighted by Crippen LogP contribution is -2.29. The molecule has 2 heterocycles. The zero-order valence-corrected chi connectivity index (χ0v) is 10.7. The zero-order chi connectivity index (χ0) is 13.2. The Morgan fingerprint density at radius 2 is 2.26 bits per heavy atom. The summed E-state index contributed by atoms with van der Waals surface area (Å²) >= 11 is 1.56. The Hall–Kier alpha value is -2.21. The molecule has 2 aromatic rings. The molecule has 5 nitrogen and oxygen atoms in total. The third kappa shape index (κ3) is 2.48. The van der Waals surface area contributed by atoms with E-state index >= 15 is 0 Å². The number of nitrogens with zero attached hydrogens (tertiary/aromatic N) is 1. The quantitative estimate of drug-likeness (QED) is 0.834. The lowest BCUT2D eigenvalue weighted by molar-refractivity contribution is -0.124. The van der Waals surface area contributed by atoms with Crippen LogP contribution in [-0.4, -0.2) is 22.8 Å². The molecule has 1 aliphatic heterocycles. The number of nitrogens with one attached hydrogen (secondary N) is 2. The third-order valence-corrected chi connectivity index (χ3v) is 3.67. The van der Waals surface area contributed by atoms with E-state index in [1.807, 2.05) is 29.6 Å². The minimum absolute atomic E-state index is 0.181. The minimum Gasteiger partial charge on any atom is -0.373 e. The second-order valence-electron chi connectivity index (χ2n) is 4.23. The molecule has 6 heteroatoms. The first-order valence-electron chi connectivity index (χ1n) is 5.82. The normalized spacial score (nSPS) is 18.4. The lowest BCUT2D eigenvalue weighted by Gasteiger charge is -2.11. The molecular formula is C13H11N3O2S. The van der Waals surface area contributed by atoms with Crippen LogP contribution >= 0.6 is 11.3 Å². The Morgan fingerprint density at radius 1 is 1.37 bits per heavy atom. The predicted octanol–water partition coefficient (Wildman–Crippen LogP) is 1.64. The molecule has 2 amide bonds. The van der Waals surface area contributed by atoms with Crippen molar-refractivity contribution in [3.63, 3.8) is 0 Å². The Bertz CT molecular complexity index is 625. The Kier molecular flexibility index (Phi) is 3.00. The molecule has 96 valence electrons. The molecule has 19 heavy (non-hydrogen) atoms. The van der Waals surface area contributed by atoms with E-state index in [2.05, 4.69) is 15.6 Å². The Labute approximate surface area is 113 Å². The van der Waals surface area contributed by atoms with Gasteiger partial charge < -0.3 is 5.32 Å². The molecule has 0 spiro atoms. The highest BCUT2D eigenvalue weighted by atomic mass is 32.1. The van der Waals surface area contributed by atoms with E-state index < -0.39 is 6.04 Å². The first-order valence-corrected chi connectivity index (χ1v) is 6.70. The summed E-state index contributed by atoms with van der Waals surface area (Å²) in [5.41, 5.74) is 1.80. The van der Waals surface area contributed by atoms with Crippen LogP contribution in [0.25, 0.3) is 10.6 Å². The van der Waals surface area contributed by atoms with E-state index in [-0.39, 0.29) is 18.2 Å². The van der Waals surface area contributed by atoms with Gasteiger partial charge in [0.15, 0.2) is 0 Å². The summed E-state index contributed by atoms with van der Waals surface area (Å²) in [5.74, 6) is -0.511. The monoisotopic (exact) mass is 273 g/mol. The van der Waals surface area contributed by atoms with Crippen LogP contribution in [0.3, 0.4) is 0 Å². The van der Waals surface area contributed by atoms with Crippen molar-refractivity contribution in [3.8, 4) is 10.6 Å². The molecular weight excluding hydrogens is 262 g/mol. The van der Waals surface area contributed by atoms with Gasteiger partial charge in [-0.15, -0.1) is 11.3 Å². The summed E-state index contributed by atoms with van der Waals surface area (Å²) in [6, 6.07) is 7.17. The fourth-order valence-electron chi connectivity index (χ4n) is 1.98. The summed E-state index contributed by atoms with van der Waals surface area (Å²) in [6.45, 7) is 0. The highest BCUT2D eigenvalue weighted by Crippen LogP contribution is 2.25. The number of hydrogen-bond acceptors (Lipinski definition) is 5. The van der Waals surface area contributed by atoms with Crippen molar-refractivity contribution in [2.24, 2.45) is 0 Å². The number of aromatic nitrogens is 1. The van der Waals surface area contributed by atoms with Gasteiger partial charge in [0.05, 0.1) is 6.42 Å². The summed E-state index contributed by atoms with van der Waals surface area (Å²) in [7, 11) is 0. The third-order valence-electron chi connectivity index (χ3n) is 2.85. The number of carbonyl (C=O) groups excluding carboxylic acids is 2. The molecule has 3 rings (SSSR count). The molecule has 1 aliphatic rings. The van der Waals surface area contributed by atoms with E-state index in [9.17, 15) is 9.59 Å². The molecule has 1 aromatic carbocycles. The maximum atomic E-state index is 11.5. The fraction of sp³-hybridized carbons (Fsp3) is 0.154. The van der Waals surface area contributed by atoms with Crippen LogP contribution in [-0.2, 0) is 9.59 Å². The molecule has 0 bridgehead atoms. The van der Waals surface area contributed by atoms with Crippen LogP contribution in [0.15, 0.2) is 35.8 Å². The van der Waals surface area contributed by atoms with Crippen molar-refractivity contribution >= 4 is 28.8 Å². The van der Waals surface area contributed by atoms with Crippen LogP contribution < -0.4 is 10.6 Å². The Morgan fingerprint density at radius 3 is 2.95 bits per heavy atom. The van der Waals surface area contributed by atoms with Gasteiger partial charge in [-0.25, -0.2) is 4.98 Å². The summed E-state index contributed by atoms with van der Waals surface area (Å²) in [4.78, 5) is 26.9. The van der Waals surface area contributed by atoms with Crippen molar-refractivity contribution in [2.75, 3.05) is 5.32 Å². The fourth-order valence-corrected chi connectivity index (χ4v) is 2.61. The van der Waals surface area contributed by atoms with Gasteiger partial charge in [-0.1, -0.05) is 12.1 Å². The maximum Gasteiger partial charge on any atom is 0.249 e. The second-order valence-corrected chi connectivity index (χ2v) is 5.13. The van der Waals surface area contributed by atoms with Gasteiger partial charge >= 0.3 is 0 Å². The largest absolute Gasteiger partial charge is 0.373 e. The Balaban J connectivity index is 1.81. The number of anilines is 1. The van der Waals surface area contributed by atoms with Gasteiger partial charge in [-0.05, 0) is 12.1 Å². The summed E-state index contributed by atoms with van der Waals surface area (Å²) < 4.78 is 0. The number of carbonyl (C=O) groups is 2. The molecule has 1 unspecified atom stereocenters. The van der Waals surface area contributed by atoms with E-state index in [0.717, 1.165) is 16.3 Å². The van der Waals surface area contributed by atoms with Crippen molar-refractivity contribution in [3.05, 3.63) is 35.8 Å². The van der Waals surface area contributed by atoms with Crippen LogP contribution in [0.4, 0.5) is 5.69 Å². The molecule has 1 fully saturated rings. The standard InChI is InChI=1S/C13H11N3O2S/c17-11-7-10(12(18)16-11)15-9-3-1-2-8(6-9)13-14-4-5-19-13/h1-6,10,15H,7H2,(H,16,17,18). The first-order chi connectivity index (χ1) is 9.22. The topological polar surface area (TPSA) is 71.1 Å². The molecule has 1 atom stereocenters. The average molecular weight is 273 g/mol. The molecule has 1 aromatic heterocycles. The van der Waals surface area contributed by atoms with E-state index in [1.54, 1.807) is 17.5 Å². The van der Waals surface area contributed by atoms with E-state index in [1.165, 1.54) is 0 Å². The predicted molar refractivity (Wildman–Crippen MR) is 72.7 cm³/mol. The van der Waals surface area contributed by atoms with Crippen LogP contribution in [0.1, 0.15) is 6.42 Å². The number of hydrogen-bond donors (Lipinski definition) is 2. The van der Waals surface area contributed by atoms with Gasteiger partial charge in [0.2, 0.25) is 11.8 Å². The lowest BCUT2D eigenvalue weighted by atomic mass is 10.2. The van der Waals surface area contributed by atoms with Gasteiger partial charge in [-0.3, -0.25) is 14.9 Å². The number of benzene rings is 1. The highest BCUT2D eigenvalue weighted by molar-refractivity contribution is 7.13. The average Bonchev–Trinajstić information content (AvgIpc) is 3.01. The van der Waals surface area contributed by atoms with Gasteiger partial charge in [0, 0.05) is 22.8 Å². The van der Waals surface area contributed by atoms with Gasteiger partial charge in [-0.2, -0.15) is 0 Å². The number of thiazole rings is 1. The number of imide groups is 1. The van der Waals surface area contributed by atoms with Crippen LogP contribution in [0, 0.1) is 0 Å². The molecule has 1 saturated heterocycles. The molecule has 2 N–H and O–H groups in total. The van der Waals surface area contributed by atoms with Gasteiger partial charge in [0.1, 0.15) is 11.0 Å². The summed E-state index contributed by atoms with van der Waals surface area (Å²) in [6.07, 6.45) is 1.93. The number of rotatable bonds is 3. The first kappa shape index (κ1) is 11.9. The summed E-state index contributed by atoms with van der Waals surface area (Å²) in [5, 5.41) is 8.19. The zero-order valence-electron chi connectivity index (χ0n) is 9.92. The van der Waals surface area contributed by atoms with E-state index in [4.69, 9.17) is 0 Å². The van der Waals surface area contributed by atoms with Crippen molar-refractivity contribution in [2.45, 2.75) is 12.5 Å². The van der Waals surface area contributed by atoms with Crippen molar-refractivity contribution in [1.29, 1.82) is 0 Å². The smallest absolute Gasteiger partial charge is 0.249 e. The second kappa shape index (κ2) is 4.81. The van der Waals surface area contributed by atoms with Gasteiger partial charge in [0.25, 0.3) is 0 Å². The molecule has 0 aliphatic carbocycles. The van der Waals surface area contributed by atoms with Crippen LogP contribution in [0.2, 0.25) is 0 Å². The van der Waals surface area contributed by atoms with Crippen LogP contribution in [0.5, 0.6) is 0 Å². The number of amides is 2. The SMILES string of the molecule is O=C1CC(Nc2cccc(-c3nccs3)c2)C(=O)N1. The maximum absolute atomic E-state index is 11.5. The van der Waals surface area contributed by atoms with E-state index in [0.29, 0.717) is 0 Å².